The summed E-state index contributed by atoms with van der Waals surface area (Å²) in [5.41, 5.74) is 1.41. The average Bonchev–Trinajstić information content (AvgIpc) is 2.48. The van der Waals surface area contributed by atoms with Gasteiger partial charge in [0, 0.05) is 18.9 Å². The quantitative estimate of drug-likeness (QED) is 0.856. The van der Waals surface area contributed by atoms with Crippen molar-refractivity contribution in [1.29, 1.82) is 5.26 Å². The topological polar surface area (TPSA) is 98.9 Å². The first-order valence-corrected chi connectivity index (χ1v) is 5.98. The number of hydrogen-bond acceptors (Lipinski definition) is 5. The summed E-state index contributed by atoms with van der Waals surface area (Å²) >= 11 is 0. The fraction of sp³-hybridized carbons (Fsp3) is 0.143. The molecular formula is C14H12N4O2. The smallest absolute Gasteiger partial charge is 0.335 e. The first kappa shape index (κ1) is 13.5. The zero-order valence-electron chi connectivity index (χ0n) is 10.6. The Kier molecular flexibility index (Phi) is 4.24. The predicted octanol–water partition coefficient (Wildman–Crippen LogP) is 1.70. The SMILES string of the molecule is N#Cc1nccnc1NCCc1cccc(C(=O)O)c1. The summed E-state index contributed by atoms with van der Waals surface area (Å²) in [4.78, 5) is 18.8. The standard InChI is InChI=1S/C14H12N4O2/c15-9-12-13(18-7-6-16-12)17-5-4-10-2-1-3-11(8-10)14(19)20/h1-3,6-8H,4-5H2,(H,17,18)(H,19,20). The monoisotopic (exact) mass is 268 g/mol. The number of benzene rings is 1. The Labute approximate surface area is 115 Å². The first-order valence-electron chi connectivity index (χ1n) is 5.98. The van der Waals surface area contributed by atoms with Gasteiger partial charge in [0.25, 0.3) is 0 Å². The van der Waals surface area contributed by atoms with Crippen LogP contribution in [0.1, 0.15) is 21.6 Å². The van der Waals surface area contributed by atoms with Crippen molar-refractivity contribution in [2.75, 3.05) is 11.9 Å². The molecule has 0 atom stereocenters. The van der Waals surface area contributed by atoms with Gasteiger partial charge in [-0.25, -0.2) is 14.8 Å². The van der Waals surface area contributed by atoms with Gasteiger partial charge >= 0.3 is 5.97 Å². The molecule has 2 rings (SSSR count). The van der Waals surface area contributed by atoms with E-state index in [0.717, 1.165) is 5.56 Å². The van der Waals surface area contributed by atoms with Crippen molar-refractivity contribution < 1.29 is 9.90 Å². The molecule has 0 saturated heterocycles. The second-order valence-corrected chi connectivity index (χ2v) is 4.05. The van der Waals surface area contributed by atoms with Crippen LogP contribution in [0, 0.1) is 11.3 Å². The maximum absolute atomic E-state index is 10.9. The van der Waals surface area contributed by atoms with Crippen LogP contribution < -0.4 is 5.32 Å². The van der Waals surface area contributed by atoms with Gasteiger partial charge in [-0.2, -0.15) is 5.26 Å². The number of aromatic nitrogens is 2. The molecule has 1 aromatic carbocycles. The molecule has 6 heteroatoms. The third-order valence-corrected chi connectivity index (χ3v) is 2.68. The van der Waals surface area contributed by atoms with Crippen molar-refractivity contribution in [1.82, 2.24) is 9.97 Å². The molecule has 0 saturated carbocycles. The number of nitrogens with zero attached hydrogens (tertiary/aromatic N) is 3. The molecule has 6 nitrogen and oxygen atoms in total. The van der Waals surface area contributed by atoms with Crippen molar-refractivity contribution in [2.45, 2.75) is 6.42 Å². The van der Waals surface area contributed by atoms with Crippen LogP contribution in [0.5, 0.6) is 0 Å². The van der Waals surface area contributed by atoms with Crippen LogP contribution in [-0.4, -0.2) is 27.6 Å². The maximum Gasteiger partial charge on any atom is 0.335 e. The lowest BCUT2D eigenvalue weighted by atomic mass is 10.1. The number of carbonyl (C=O) groups is 1. The number of rotatable bonds is 5. The lowest BCUT2D eigenvalue weighted by molar-refractivity contribution is 0.0697. The molecule has 1 heterocycles. The molecule has 0 bridgehead atoms. The van der Waals surface area contributed by atoms with Crippen LogP contribution >= 0.6 is 0 Å². The zero-order valence-corrected chi connectivity index (χ0v) is 10.6. The van der Waals surface area contributed by atoms with Crippen molar-refractivity contribution in [3.05, 3.63) is 53.5 Å². The highest BCUT2D eigenvalue weighted by Gasteiger charge is 2.05. The lowest BCUT2D eigenvalue weighted by Crippen LogP contribution is -2.09. The van der Waals surface area contributed by atoms with Gasteiger partial charge in [0.15, 0.2) is 11.5 Å². The Morgan fingerprint density at radius 2 is 2.15 bits per heavy atom. The van der Waals surface area contributed by atoms with Gasteiger partial charge in [-0.05, 0) is 24.1 Å². The molecule has 0 amide bonds. The minimum Gasteiger partial charge on any atom is -0.478 e. The lowest BCUT2D eigenvalue weighted by Gasteiger charge is -2.06. The van der Waals surface area contributed by atoms with Crippen molar-refractivity contribution in [3.8, 4) is 6.07 Å². The van der Waals surface area contributed by atoms with Crippen molar-refractivity contribution in [2.24, 2.45) is 0 Å². The predicted molar refractivity (Wildman–Crippen MR) is 72.3 cm³/mol. The molecule has 0 fully saturated rings. The fourth-order valence-electron chi connectivity index (χ4n) is 1.73. The van der Waals surface area contributed by atoms with Crippen LogP contribution in [0.3, 0.4) is 0 Å². The molecule has 2 aromatic rings. The molecular weight excluding hydrogens is 256 g/mol. The van der Waals surface area contributed by atoms with E-state index in [1.54, 1.807) is 18.2 Å². The van der Waals surface area contributed by atoms with Gasteiger partial charge < -0.3 is 10.4 Å². The third kappa shape index (κ3) is 3.29. The fourth-order valence-corrected chi connectivity index (χ4v) is 1.73. The van der Waals surface area contributed by atoms with Crippen molar-refractivity contribution in [3.63, 3.8) is 0 Å². The number of carboxylic acids is 1. The van der Waals surface area contributed by atoms with Gasteiger partial charge in [-0.15, -0.1) is 0 Å². The highest BCUT2D eigenvalue weighted by Crippen LogP contribution is 2.09. The van der Waals surface area contributed by atoms with Gasteiger partial charge in [-0.3, -0.25) is 0 Å². The van der Waals surface area contributed by atoms with E-state index in [1.165, 1.54) is 12.4 Å². The van der Waals surface area contributed by atoms with Crippen LogP contribution in [0.15, 0.2) is 36.7 Å². The van der Waals surface area contributed by atoms with E-state index < -0.39 is 5.97 Å². The largest absolute Gasteiger partial charge is 0.478 e. The second-order valence-electron chi connectivity index (χ2n) is 4.05. The number of nitrogens with one attached hydrogen (secondary N) is 1. The van der Waals surface area contributed by atoms with Crippen LogP contribution in [0.25, 0.3) is 0 Å². The normalized spacial score (nSPS) is 9.75. The summed E-state index contributed by atoms with van der Waals surface area (Å²) in [5.74, 6) is -0.509. The highest BCUT2D eigenvalue weighted by molar-refractivity contribution is 5.87. The summed E-state index contributed by atoms with van der Waals surface area (Å²) in [6, 6.07) is 8.70. The molecule has 0 spiro atoms. The number of aromatic carboxylic acids is 1. The molecule has 0 radical (unpaired) electrons. The maximum atomic E-state index is 10.9. The van der Waals surface area contributed by atoms with Gasteiger partial charge in [0.1, 0.15) is 6.07 Å². The van der Waals surface area contributed by atoms with Crippen LogP contribution in [0.2, 0.25) is 0 Å². The zero-order chi connectivity index (χ0) is 14.4. The summed E-state index contributed by atoms with van der Waals surface area (Å²) in [5, 5.41) is 20.8. The van der Waals surface area contributed by atoms with E-state index in [1.807, 2.05) is 12.1 Å². The summed E-state index contributed by atoms with van der Waals surface area (Å²) in [6.07, 6.45) is 3.59. The number of carboxylic acid groups (broad SMARTS) is 1. The molecule has 0 aliphatic heterocycles. The van der Waals surface area contributed by atoms with Crippen molar-refractivity contribution >= 4 is 11.8 Å². The molecule has 20 heavy (non-hydrogen) atoms. The Balaban J connectivity index is 1.98. The Hall–Kier alpha value is -2.94. The molecule has 0 unspecified atom stereocenters. The molecule has 1 aromatic heterocycles. The third-order valence-electron chi connectivity index (χ3n) is 2.68. The Bertz CT molecular complexity index is 664. The van der Waals surface area contributed by atoms with E-state index in [-0.39, 0.29) is 11.3 Å². The van der Waals surface area contributed by atoms with E-state index in [2.05, 4.69) is 15.3 Å². The average molecular weight is 268 g/mol. The van der Waals surface area contributed by atoms with E-state index in [4.69, 9.17) is 10.4 Å². The number of nitriles is 1. The molecule has 100 valence electrons. The van der Waals surface area contributed by atoms with Gasteiger partial charge in [0.05, 0.1) is 5.56 Å². The molecule has 0 aliphatic carbocycles. The molecule has 0 aliphatic rings. The summed E-state index contributed by atoms with van der Waals surface area (Å²) < 4.78 is 0. The Morgan fingerprint density at radius 3 is 2.90 bits per heavy atom. The van der Waals surface area contributed by atoms with E-state index in [0.29, 0.717) is 18.8 Å². The summed E-state index contributed by atoms with van der Waals surface area (Å²) in [7, 11) is 0. The minimum absolute atomic E-state index is 0.242. The number of anilines is 1. The van der Waals surface area contributed by atoms with Crippen LogP contribution in [0.4, 0.5) is 5.82 Å². The second kappa shape index (κ2) is 6.29. The van der Waals surface area contributed by atoms with E-state index in [9.17, 15) is 4.79 Å². The summed E-state index contributed by atoms with van der Waals surface area (Å²) in [6.45, 7) is 0.538. The van der Waals surface area contributed by atoms with Gasteiger partial charge in [-0.1, -0.05) is 12.1 Å². The Morgan fingerprint density at radius 1 is 1.35 bits per heavy atom. The highest BCUT2D eigenvalue weighted by atomic mass is 16.4. The molecule has 2 N–H and O–H groups in total. The van der Waals surface area contributed by atoms with Crippen LogP contribution in [-0.2, 0) is 6.42 Å². The first-order chi connectivity index (χ1) is 9.70. The van der Waals surface area contributed by atoms with Gasteiger partial charge in [0.2, 0.25) is 0 Å². The number of hydrogen-bond donors (Lipinski definition) is 2. The minimum atomic E-state index is -0.944. The van der Waals surface area contributed by atoms with E-state index >= 15 is 0 Å².